The number of rotatable bonds is 3. The highest BCUT2D eigenvalue weighted by atomic mass is 32.2. The molecule has 0 aromatic heterocycles. The minimum absolute atomic E-state index is 0.0866. The van der Waals surface area contributed by atoms with Crippen molar-refractivity contribution in [3.63, 3.8) is 0 Å². The average molecular weight is 283 g/mol. The van der Waals surface area contributed by atoms with Crippen molar-refractivity contribution in [1.29, 1.82) is 0 Å². The van der Waals surface area contributed by atoms with Gasteiger partial charge in [0.05, 0.1) is 18.0 Å². The molecule has 1 aromatic rings. The molecule has 2 atom stereocenters. The van der Waals surface area contributed by atoms with Crippen LogP contribution >= 0.6 is 11.8 Å². The van der Waals surface area contributed by atoms with Crippen molar-refractivity contribution in [3.05, 3.63) is 30.1 Å². The number of nitrogens with zero attached hydrogens (tertiary/aromatic N) is 1. The normalized spacial score (nSPS) is 23.4. The van der Waals surface area contributed by atoms with Gasteiger partial charge in [0, 0.05) is 18.0 Å². The lowest BCUT2D eigenvalue weighted by atomic mass is 10.2. The number of ether oxygens (including phenoxy) is 1. The topological polar surface area (TPSA) is 29.5 Å². The molecule has 1 saturated heterocycles. The summed E-state index contributed by atoms with van der Waals surface area (Å²) in [5.41, 5.74) is 0. The third-order valence-electron chi connectivity index (χ3n) is 2.95. The second kappa shape index (κ2) is 6.39. The molecule has 5 heteroatoms. The minimum atomic E-state index is -0.258. The Labute approximate surface area is 117 Å². The van der Waals surface area contributed by atoms with Crippen molar-refractivity contribution >= 4 is 17.7 Å². The highest BCUT2D eigenvalue weighted by molar-refractivity contribution is 8.00. The Balaban J connectivity index is 1.85. The van der Waals surface area contributed by atoms with Crippen LogP contribution in [0, 0.1) is 5.82 Å². The van der Waals surface area contributed by atoms with E-state index >= 15 is 0 Å². The van der Waals surface area contributed by atoms with E-state index in [1.54, 1.807) is 12.1 Å². The van der Waals surface area contributed by atoms with Crippen molar-refractivity contribution in [1.82, 2.24) is 4.90 Å². The van der Waals surface area contributed by atoms with Gasteiger partial charge >= 0.3 is 0 Å². The second-order valence-corrected chi connectivity index (χ2v) is 5.85. The molecule has 1 fully saturated rings. The maximum absolute atomic E-state index is 12.8. The van der Waals surface area contributed by atoms with Gasteiger partial charge in [0.1, 0.15) is 5.82 Å². The number of hydrogen-bond donors (Lipinski definition) is 0. The van der Waals surface area contributed by atoms with Crippen LogP contribution in [0.1, 0.15) is 13.8 Å². The molecule has 19 heavy (non-hydrogen) atoms. The van der Waals surface area contributed by atoms with Crippen molar-refractivity contribution < 1.29 is 13.9 Å². The van der Waals surface area contributed by atoms with Crippen LogP contribution in [0.2, 0.25) is 0 Å². The van der Waals surface area contributed by atoms with Crippen LogP contribution < -0.4 is 0 Å². The zero-order valence-corrected chi connectivity index (χ0v) is 12.0. The van der Waals surface area contributed by atoms with Gasteiger partial charge < -0.3 is 9.64 Å². The summed E-state index contributed by atoms with van der Waals surface area (Å²) in [6.45, 7) is 5.24. The first-order valence-electron chi connectivity index (χ1n) is 6.36. The van der Waals surface area contributed by atoms with E-state index < -0.39 is 0 Å². The fraction of sp³-hybridized carbons (Fsp3) is 0.500. The van der Waals surface area contributed by atoms with Crippen molar-refractivity contribution in [2.45, 2.75) is 31.0 Å². The molecule has 1 aliphatic heterocycles. The van der Waals surface area contributed by atoms with Gasteiger partial charge in [0.15, 0.2) is 0 Å². The molecule has 104 valence electrons. The first-order valence-corrected chi connectivity index (χ1v) is 7.35. The summed E-state index contributed by atoms with van der Waals surface area (Å²) < 4.78 is 18.4. The molecule has 0 radical (unpaired) electrons. The van der Waals surface area contributed by atoms with E-state index in [2.05, 4.69) is 0 Å². The fourth-order valence-electron chi connectivity index (χ4n) is 2.15. The number of carbonyl (C=O) groups excluding carboxylic acids is 1. The Bertz CT molecular complexity index is 428. The van der Waals surface area contributed by atoms with E-state index in [-0.39, 0.29) is 23.9 Å². The third-order valence-corrected chi connectivity index (χ3v) is 3.95. The van der Waals surface area contributed by atoms with Crippen LogP contribution in [0.4, 0.5) is 4.39 Å². The zero-order chi connectivity index (χ0) is 13.8. The van der Waals surface area contributed by atoms with Crippen molar-refractivity contribution in [2.24, 2.45) is 0 Å². The van der Waals surface area contributed by atoms with Crippen LogP contribution in [0.3, 0.4) is 0 Å². The number of morpholine rings is 1. The summed E-state index contributed by atoms with van der Waals surface area (Å²) >= 11 is 1.43. The van der Waals surface area contributed by atoms with Gasteiger partial charge in [-0.05, 0) is 38.1 Å². The molecular weight excluding hydrogens is 265 g/mol. The van der Waals surface area contributed by atoms with E-state index in [4.69, 9.17) is 4.74 Å². The van der Waals surface area contributed by atoms with Gasteiger partial charge in [-0.3, -0.25) is 4.79 Å². The summed E-state index contributed by atoms with van der Waals surface area (Å²) in [7, 11) is 0. The van der Waals surface area contributed by atoms with E-state index in [9.17, 15) is 9.18 Å². The number of thioether (sulfide) groups is 1. The highest BCUT2D eigenvalue weighted by Crippen LogP contribution is 2.19. The highest BCUT2D eigenvalue weighted by Gasteiger charge is 2.25. The van der Waals surface area contributed by atoms with Crippen LogP contribution in [-0.2, 0) is 9.53 Å². The summed E-state index contributed by atoms with van der Waals surface area (Å²) in [6.07, 6.45) is 0.173. The van der Waals surface area contributed by atoms with Crippen LogP contribution in [-0.4, -0.2) is 41.9 Å². The summed E-state index contributed by atoms with van der Waals surface area (Å²) in [5, 5.41) is 0. The maximum Gasteiger partial charge on any atom is 0.233 e. The number of benzene rings is 1. The SMILES string of the molecule is CC1CN(C(=O)CSc2ccc(F)cc2)CC(C)O1. The molecule has 1 heterocycles. The molecule has 0 N–H and O–H groups in total. The first kappa shape index (κ1) is 14.3. The number of amides is 1. The van der Waals surface area contributed by atoms with Gasteiger partial charge in [-0.25, -0.2) is 4.39 Å². The lowest BCUT2D eigenvalue weighted by Crippen LogP contribution is -2.48. The van der Waals surface area contributed by atoms with Gasteiger partial charge in [0.25, 0.3) is 0 Å². The molecule has 2 rings (SSSR count). The smallest absolute Gasteiger partial charge is 0.233 e. The quantitative estimate of drug-likeness (QED) is 0.799. The number of halogens is 1. The first-order chi connectivity index (χ1) is 9.04. The molecule has 0 aliphatic carbocycles. The monoisotopic (exact) mass is 283 g/mol. The Morgan fingerprint density at radius 1 is 1.32 bits per heavy atom. The standard InChI is InChI=1S/C14H18FNO2S/c1-10-7-16(8-11(2)18-10)14(17)9-19-13-5-3-12(15)4-6-13/h3-6,10-11H,7-9H2,1-2H3. The molecule has 1 aromatic carbocycles. The second-order valence-electron chi connectivity index (χ2n) is 4.80. The van der Waals surface area contributed by atoms with E-state index in [1.165, 1.54) is 23.9 Å². The molecule has 2 unspecified atom stereocenters. The zero-order valence-electron chi connectivity index (χ0n) is 11.1. The van der Waals surface area contributed by atoms with Gasteiger partial charge in [-0.15, -0.1) is 11.8 Å². The third kappa shape index (κ3) is 4.21. The average Bonchev–Trinajstić information content (AvgIpc) is 2.36. The largest absolute Gasteiger partial charge is 0.372 e. The summed E-state index contributed by atoms with van der Waals surface area (Å²) in [5.74, 6) is 0.230. The molecule has 1 aliphatic rings. The molecule has 1 amide bonds. The molecule has 0 bridgehead atoms. The van der Waals surface area contributed by atoms with Crippen LogP contribution in [0.25, 0.3) is 0 Å². The molecule has 0 spiro atoms. The van der Waals surface area contributed by atoms with E-state index in [1.807, 2.05) is 18.7 Å². The van der Waals surface area contributed by atoms with Gasteiger partial charge in [0.2, 0.25) is 5.91 Å². The Hall–Kier alpha value is -1.07. The fourth-order valence-corrected chi connectivity index (χ4v) is 2.95. The summed E-state index contributed by atoms with van der Waals surface area (Å²) in [6, 6.07) is 6.20. The van der Waals surface area contributed by atoms with E-state index in [0.29, 0.717) is 18.8 Å². The lowest BCUT2D eigenvalue weighted by molar-refractivity contribution is -0.140. The van der Waals surface area contributed by atoms with Crippen LogP contribution in [0.5, 0.6) is 0 Å². The van der Waals surface area contributed by atoms with Gasteiger partial charge in [-0.1, -0.05) is 0 Å². The Morgan fingerprint density at radius 2 is 1.89 bits per heavy atom. The maximum atomic E-state index is 12.8. The number of carbonyl (C=O) groups is 1. The van der Waals surface area contributed by atoms with Crippen molar-refractivity contribution in [3.8, 4) is 0 Å². The van der Waals surface area contributed by atoms with E-state index in [0.717, 1.165) is 4.90 Å². The predicted molar refractivity (Wildman–Crippen MR) is 73.7 cm³/mol. The predicted octanol–water partition coefficient (Wildman–Crippen LogP) is 2.55. The van der Waals surface area contributed by atoms with Gasteiger partial charge in [-0.2, -0.15) is 0 Å². The van der Waals surface area contributed by atoms with Crippen LogP contribution in [0.15, 0.2) is 29.2 Å². The molecular formula is C14H18FNO2S. The van der Waals surface area contributed by atoms with Crippen molar-refractivity contribution in [2.75, 3.05) is 18.8 Å². The summed E-state index contributed by atoms with van der Waals surface area (Å²) in [4.78, 5) is 14.9. The molecule has 0 saturated carbocycles. The minimum Gasteiger partial charge on any atom is -0.372 e. The molecule has 3 nitrogen and oxygen atoms in total. The number of hydrogen-bond acceptors (Lipinski definition) is 3. The Morgan fingerprint density at radius 3 is 2.47 bits per heavy atom. The Kier molecular flexibility index (Phi) is 4.82. The lowest BCUT2D eigenvalue weighted by Gasteiger charge is -2.35.